The van der Waals surface area contributed by atoms with Crippen LogP contribution < -0.4 is 5.32 Å². The Labute approximate surface area is 164 Å². The number of nitrogens with zero attached hydrogens (tertiary/aromatic N) is 1. The molecule has 0 unspecified atom stereocenters. The first-order valence-corrected chi connectivity index (χ1v) is 8.47. The van der Waals surface area contributed by atoms with Crippen molar-refractivity contribution in [3.63, 3.8) is 0 Å². The summed E-state index contributed by atoms with van der Waals surface area (Å²) in [5, 5.41) is 14.0. The minimum Gasteiger partial charge on any atom is -0.457 e. The SMILES string of the molecule is O=C(C=Cc1ccc(-c2ccc(Cl)cc2)o1)Nc1ccc([N+](=O)[O-])cc1Cl. The Morgan fingerprint density at radius 2 is 1.81 bits per heavy atom. The highest BCUT2D eigenvalue weighted by Crippen LogP contribution is 2.27. The van der Waals surface area contributed by atoms with Crippen LogP contribution in [0, 0.1) is 10.1 Å². The minimum atomic E-state index is -0.563. The van der Waals surface area contributed by atoms with E-state index in [-0.39, 0.29) is 16.4 Å². The fraction of sp³-hybridized carbons (Fsp3) is 0. The lowest BCUT2D eigenvalue weighted by atomic mass is 10.2. The Hall–Kier alpha value is -3.09. The third kappa shape index (κ3) is 4.75. The third-order valence-electron chi connectivity index (χ3n) is 3.58. The molecular weight excluding hydrogens is 391 g/mol. The summed E-state index contributed by atoms with van der Waals surface area (Å²) >= 11 is 11.8. The summed E-state index contributed by atoms with van der Waals surface area (Å²) in [6, 6.07) is 14.5. The number of nitro groups is 1. The first-order valence-electron chi connectivity index (χ1n) is 7.71. The van der Waals surface area contributed by atoms with Crippen molar-refractivity contribution >= 4 is 46.6 Å². The zero-order valence-corrected chi connectivity index (χ0v) is 15.2. The molecule has 3 aromatic rings. The molecule has 2 aromatic carbocycles. The Morgan fingerprint density at radius 3 is 2.48 bits per heavy atom. The zero-order valence-electron chi connectivity index (χ0n) is 13.7. The standard InChI is InChI=1S/C19H12Cl2N2O4/c20-13-3-1-12(2-4-13)18-9-6-15(27-18)7-10-19(24)22-17-8-5-14(23(25)26)11-16(17)21/h1-11H,(H,22,24). The van der Waals surface area contributed by atoms with Crippen molar-refractivity contribution in [1.82, 2.24) is 0 Å². The lowest BCUT2D eigenvalue weighted by Gasteiger charge is -2.04. The molecule has 27 heavy (non-hydrogen) atoms. The highest BCUT2D eigenvalue weighted by atomic mass is 35.5. The number of benzene rings is 2. The summed E-state index contributed by atoms with van der Waals surface area (Å²) in [7, 11) is 0. The van der Waals surface area contributed by atoms with Gasteiger partial charge in [-0.1, -0.05) is 23.2 Å². The number of anilines is 1. The van der Waals surface area contributed by atoms with Gasteiger partial charge in [0.05, 0.1) is 15.6 Å². The summed E-state index contributed by atoms with van der Waals surface area (Å²) in [5.74, 6) is 0.685. The highest BCUT2D eigenvalue weighted by molar-refractivity contribution is 6.34. The largest absolute Gasteiger partial charge is 0.457 e. The van der Waals surface area contributed by atoms with Crippen molar-refractivity contribution in [2.45, 2.75) is 0 Å². The van der Waals surface area contributed by atoms with Gasteiger partial charge in [0.15, 0.2) is 0 Å². The first-order chi connectivity index (χ1) is 12.9. The van der Waals surface area contributed by atoms with Gasteiger partial charge in [0.25, 0.3) is 5.69 Å². The normalized spacial score (nSPS) is 10.9. The Bertz CT molecular complexity index is 1030. The molecular formula is C19H12Cl2N2O4. The number of halogens is 2. The number of hydrogen-bond donors (Lipinski definition) is 1. The Morgan fingerprint density at radius 1 is 1.07 bits per heavy atom. The summed E-state index contributed by atoms with van der Waals surface area (Å²) < 4.78 is 5.67. The molecule has 0 radical (unpaired) electrons. The number of nitrogens with one attached hydrogen (secondary N) is 1. The molecule has 8 heteroatoms. The van der Waals surface area contributed by atoms with Crippen molar-refractivity contribution in [3.05, 3.63) is 86.6 Å². The van der Waals surface area contributed by atoms with E-state index >= 15 is 0 Å². The third-order valence-corrected chi connectivity index (χ3v) is 4.14. The molecule has 136 valence electrons. The van der Waals surface area contributed by atoms with Crippen LogP contribution in [0.25, 0.3) is 17.4 Å². The molecule has 1 amide bonds. The van der Waals surface area contributed by atoms with Crippen LogP contribution in [0.2, 0.25) is 10.0 Å². The van der Waals surface area contributed by atoms with Crippen LogP contribution in [-0.4, -0.2) is 10.8 Å². The molecule has 0 bridgehead atoms. The Kier molecular flexibility index (Phi) is 5.59. The second-order valence-electron chi connectivity index (χ2n) is 5.45. The molecule has 0 atom stereocenters. The molecule has 0 saturated carbocycles. The van der Waals surface area contributed by atoms with E-state index in [9.17, 15) is 14.9 Å². The molecule has 0 aliphatic rings. The van der Waals surface area contributed by atoms with Crippen LogP contribution >= 0.6 is 23.2 Å². The molecule has 0 aliphatic heterocycles. The van der Waals surface area contributed by atoms with E-state index in [0.717, 1.165) is 5.56 Å². The predicted octanol–water partition coefficient (Wildman–Crippen LogP) is 5.81. The van der Waals surface area contributed by atoms with Crippen LogP contribution in [-0.2, 0) is 4.79 Å². The summed E-state index contributed by atoms with van der Waals surface area (Å²) in [6.45, 7) is 0. The number of nitro benzene ring substituents is 1. The lowest BCUT2D eigenvalue weighted by Crippen LogP contribution is -2.08. The van der Waals surface area contributed by atoms with Gasteiger partial charge in [0, 0.05) is 28.8 Å². The van der Waals surface area contributed by atoms with Crippen LogP contribution in [0.4, 0.5) is 11.4 Å². The average Bonchev–Trinajstić information content (AvgIpc) is 3.11. The van der Waals surface area contributed by atoms with Crippen molar-refractivity contribution in [2.24, 2.45) is 0 Å². The van der Waals surface area contributed by atoms with E-state index < -0.39 is 10.8 Å². The van der Waals surface area contributed by atoms with Crippen molar-refractivity contribution in [2.75, 3.05) is 5.32 Å². The van der Waals surface area contributed by atoms with Gasteiger partial charge in [0.2, 0.25) is 5.91 Å². The van der Waals surface area contributed by atoms with Crippen molar-refractivity contribution in [3.8, 4) is 11.3 Å². The second kappa shape index (κ2) is 8.07. The molecule has 3 rings (SSSR count). The molecule has 1 N–H and O–H groups in total. The van der Waals surface area contributed by atoms with Gasteiger partial charge in [0.1, 0.15) is 11.5 Å². The number of amides is 1. The van der Waals surface area contributed by atoms with Crippen LogP contribution in [0.5, 0.6) is 0 Å². The van der Waals surface area contributed by atoms with Crippen LogP contribution in [0.1, 0.15) is 5.76 Å². The predicted molar refractivity (Wildman–Crippen MR) is 105 cm³/mol. The molecule has 1 aromatic heterocycles. The fourth-order valence-corrected chi connectivity index (χ4v) is 2.61. The number of carbonyl (C=O) groups is 1. The van der Waals surface area contributed by atoms with Gasteiger partial charge < -0.3 is 9.73 Å². The fourth-order valence-electron chi connectivity index (χ4n) is 2.26. The van der Waals surface area contributed by atoms with Crippen LogP contribution in [0.3, 0.4) is 0 Å². The minimum absolute atomic E-state index is 0.0778. The van der Waals surface area contributed by atoms with E-state index in [0.29, 0.717) is 16.5 Å². The van der Waals surface area contributed by atoms with Crippen molar-refractivity contribution < 1.29 is 14.1 Å². The van der Waals surface area contributed by atoms with Gasteiger partial charge in [-0.15, -0.1) is 0 Å². The van der Waals surface area contributed by atoms with Gasteiger partial charge in [-0.05, 0) is 48.5 Å². The van der Waals surface area contributed by atoms with Gasteiger partial charge in [-0.2, -0.15) is 0 Å². The van der Waals surface area contributed by atoms with E-state index in [1.807, 2.05) is 12.1 Å². The Balaban J connectivity index is 1.67. The number of hydrogen-bond acceptors (Lipinski definition) is 4. The summed E-state index contributed by atoms with van der Waals surface area (Å²) in [4.78, 5) is 22.2. The second-order valence-corrected chi connectivity index (χ2v) is 6.30. The maximum absolute atomic E-state index is 12.0. The summed E-state index contributed by atoms with van der Waals surface area (Å²) in [5.41, 5.74) is 0.984. The van der Waals surface area contributed by atoms with Gasteiger partial charge in [-0.3, -0.25) is 14.9 Å². The number of carbonyl (C=O) groups excluding carboxylic acids is 1. The van der Waals surface area contributed by atoms with E-state index in [1.54, 1.807) is 24.3 Å². The van der Waals surface area contributed by atoms with Gasteiger partial charge >= 0.3 is 0 Å². The highest BCUT2D eigenvalue weighted by Gasteiger charge is 2.10. The topological polar surface area (TPSA) is 85.4 Å². The first kappa shape index (κ1) is 18.7. The molecule has 0 aliphatic carbocycles. The molecule has 0 spiro atoms. The molecule has 0 fully saturated rings. The summed E-state index contributed by atoms with van der Waals surface area (Å²) in [6.07, 6.45) is 2.79. The lowest BCUT2D eigenvalue weighted by molar-refractivity contribution is -0.384. The van der Waals surface area contributed by atoms with E-state index in [2.05, 4.69) is 5.32 Å². The average molecular weight is 403 g/mol. The molecule has 0 saturated heterocycles. The number of rotatable bonds is 5. The van der Waals surface area contributed by atoms with E-state index in [1.165, 1.54) is 30.4 Å². The van der Waals surface area contributed by atoms with Gasteiger partial charge in [-0.25, -0.2) is 0 Å². The smallest absolute Gasteiger partial charge is 0.271 e. The maximum atomic E-state index is 12.0. The number of non-ortho nitro benzene ring substituents is 1. The molecule has 6 nitrogen and oxygen atoms in total. The van der Waals surface area contributed by atoms with Crippen LogP contribution in [0.15, 0.2) is 65.1 Å². The monoisotopic (exact) mass is 402 g/mol. The molecule has 1 heterocycles. The zero-order chi connectivity index (χ0) is 19.4. The maximum Gasteiger partial charge on any atom is 0.271 e. The number of furan rings is 1. The quantitative estimate of drug-likeness (QED) is 0.331. The van der Waals surface area contributed by atoms with Crippen molar-refractivity contribution in [1.29, 1.82) is 0 Å². The van der Waals surface area contributed by atoms with E-state index in [4.69, 9.17) is 27.6 Å².